The number of allylic oxidation sites excluding steroid dienone is 1. The molecule has 0 saturated carbocycles. The number of hydrogen-bond donors (Lipinski definition) is 1. The second kappa shape index (κ2) is 17.8. The van der Waals surface area contributed by atoms with Gasteiger partial charge in [0.15, 0.2) is 0 Å². The van der Waals surface area contributed by atoms with Crippen LogP contribution in [0.4, 0.5) is 0 Å². The van der Waals surface area contributed by atoms with Gasteiger partial charge in [-0.05, 0) is 90.5 Å². The minimum atomic E-state index is -0.492. The van der Waals surface area contributed by atoms with Gasteiger partial charge in [-0.25, -0.2) is 4.79 Å². The molecule has 222 valence electrons. The Kier molecular flexibility index (Phi) is 13.8. The molecule has 0 bridgehead atoms. The van der Waals surface area contributed by atoms with Crippen molar-refractivity contribution < 1.29 is 19.4 Å². The summed E-state index contributed by atoms with van der Waals surface area (Å²) in [5, 5.41) is 9.03. The molecule has 3 rings (SSSR count). The number of hydrogen-bond acceptors (Lipinski definition) is 4. The number of carbonyl (C=O) groups excluding carboxylic acids is 1. The van der Waals surface area contributed by atoms with Gasteiger partial charge in [0.2, 0.25) is 0 Å². The second-order valence-corrected chi connectivity index (χ2v) is 10.7. The van der Waals surface area contributed by atoms with Crippen LogP contribution in [0.3, 0.4) is 0 Å². The zero-order valence-corrected chi connectivity index (χ0v) is 25.5. The lowest BCUT2D eigenvalue weighted by atomic mass is 9.91. The van der Waals surface area contributed by atoms with Crippen LogP contribution in [0.2, 0.25) is 0 Å². The van der Waals surface area contributed by atoms with Gasteiger partial charge < -0.3 is 14.6 Å². The van der Waals surface area contributed by atoms with Gasteiger partial charge in [0.1, 0.15) is 18.3 Å². The van der Waals surface area contributed by atoms with E-state index in [1.54, 1.807) is 6.92 Å². The highest BCUT2D eigenvalue weighted by atomic mass is 16.5. The van der Waals surface area contributed by atoms with Gasteiger partial charge in [0.05, 0.1) is 0 Å². The molecule has 0 fully saturated rings. The van der Waals surface area contributed by atoms with E-state index in [0.29, 0.717) is 12.0 Å². The monoisotopic (exact) mass is 566 g/mol. The summed E-state index contributed by atoms with van der Waals surface area (Å²) >= 11 is 0. The lowest BCUT2D eigenvalue weighted by Gasteiger charge is -2.15. The van der Waals surface area contributed by atoms with Crippen LogP contribution in [0.1, 0.15) is 76.0 Å². The fourth-order valence-corrected chi connectivity index (χ4v) is 4.85. The van der Waals surface area contributed by atoms with Gasteiger partial charge in [0, 0.05) is 12.2 Å². The summed E-state index contributed by atoms with van der Waals surface area (Å²) in [6, 6.07) is 22.1. The first-order chi connectivity index (χ1) is 20.5. The summed E-state index contributed by atoms with van der Waals surface area (Å²) in [6.07, 6.45) is 15.9. The summed E-state index contributed by atoms with van der Waals surface area (Å²) in [6.45, 7) is 9.80. The SMILES string of the molecule is C=C(C)C(=O)O/C=C/Oc1cc(-c2ccc(-c3ccc(CCCCC)cc3)cc2CCC)ccc1CC/C=C/CCO. The topological polar surface area (TPSA) is 55.8 Å². The molecule has 0 atom stereocenters. The molecule has 0 heterocycles. The maximum absolute atomic E-state index is 11.7. The lowest BCUT2D eigenvalue weighted by Crippen LogP contribution is -2.00. The van der Waals surface area contributed by atoms with E-state index < -0.39 is 5.97 Å². The molecule has 4 heteroatoms. The van der Waals surface area contributed by atoms with E-state index in [4.69, 9.17) is 14.6 Å². The highest BCUT2D eigenvalue weighted by Crippen LogP contribution is 2.34. The molecule has 0 aromatic heterocycles. The molecule has 0 aliphatic rings. The third-order valence-electron chi connectivity index (χ3n) is 7.18. The van der Waals surface area contributed by atoms with Crippen LogP contribution in [0.25, 0.3) is 22.3 Å². The molecular formula is C38H46O4. The summed E-state index contributed by atoms with van der Waals surface area (Å²) in [5.41, 5.74) is 8.82. The van der Waals surface area contributed by atoms with Crippen molar-refractivity contribution in [3.05, 3.63) is 114 Å². The Hall–Kier alpha value is -3.89. The van der Waals surface area contributed by atoms with E-state index in [0.717, 1.165) is 49.0 Å². The third-order valence-corrected chi connectivity index (χ3v) is 7.18. The minimum absolute atomic E-state index is 0.149. The molecule has 4 nitrogen and oxygen atoms in total. The predicted molar refractivity (Wildman–Crippen MR) is 174 cm³/mol. The van der Waals surface area contributed by atoms with Crippen LogP contribution in [0, 0.1) is 0 Å². The van der Waals surface area contributed by atoms with Gasteiger partial charge in [-0.3, -0.25) is 0 Å². The number of aliphatic hydroxyl groups excluding tert-OH is 1. The number of benzene rings is 3. The van der Waals surface area contributed by atoms with Gasteiger partial charge in [-0.15, -0.1) is 0 Å². The normalized spacial score (nSPS) is 11.3. The summed E-state index contributed by atoms with van der Waals surface area (Å²) < 4.78 is 11.1. The number of aliphatic hydroxyl groups is 1. The van der Waals surface area contributed by atoms with Crippen LogP contribution in [0.15, 0.2) is 97.5 Å². The fourth-order valence-electron chi connectivity index (χ4n) is 4.85. The Labute approximate surface area is 252 Å². The van der Waals surface area contributed by atoms with Crippen molar-refractivity contribution in [2.45, 2.75) is 78.6 Å². The Morgan fingerprint density at radius 3 is 2.24 bits per heavy atom. The van der Waals surface area contributed by atoms with Gasteiger partial charge in [-0.1, -0.05) is 106 Å². The Balaban J connectivity index is 1.88. The van der Waals surface area contributed by atoms with E-state index in [9.17, 15) is 4.79 Å². The fraction of sp³-hybridized carbons (Fsp3) is 0.342. The molecule has 0 saturated heterocycles. The van der Waals surface area contributed by atoms with Crippen LogP contribution in [-0.2, 0) is 28.8 Å². The van der Waals surface area contributed by atoms with Crippen molar-refractivity contribution in [3.63, 3.8) is 0 Å². The van der Waals surface area contributed by atoms with Crippen LogP contribution < -0.4 is 4.74 Å². The maximum atomic E-state index is 11.7. The molecule has 0 aliphatic carbocycles. The van der Waals surface area contributed by atoms with E-state index >= 15 is 0 Å². The number of esters is 1. The van der Waals surface area contributed by atoms with Crippen molar-refractivity contribution >= 4 is 5.97 Å². The van der Waals surface area contributed by atoms with Gasteiger partial charge >= 0.3 is 5.97 Å². The first kappa shape index (κ1) is 32.6. The number of unbranched alkanes of at least 4 members (excludes halogenated alkanes) is 2. The van der Waals surface area contributed by atoms with Crippen LogP contribution in [-0.4, -0.2) is 17.7 Å². The van der Waals surface area contributed by atoms with Crippen molar-refractivity contribution in [2.75, 3.05) is 6.61 Å². The zero-order valence-electron chi connectivity index (χ0n) is 25.5. The molecule has 0 radical (unpaired) electrons. The average molecular weight is 567 g/mol. The van der Waals surface area contributed by atoms with Crippen LogP contribution in [0.5, 0.6) is 5.75 Å². The van der Waals surface area contributed by atoms with Crippen LogP contribution >= 0.6 is 0 Å². The highest BCUT2D eigenvalue weighted by molar-refractivity contribution is 5.87. The van der Waals surface area contributed by atoms with E-state index in [2.05, 4.69) is 87.2 Å². The van der Waals surface area contributed by atoms with Crippen molar-refractivity contribution in [1.82, 2.24) is 0 Å². The lowest BCUT2D eigenvalue weighted by molar-refractivity contribution is -0.133. The Morgan fingerprint density at radius 1 is 0.786 bits per heavy atom. The molecule has 1 N–H and O–H groups in total. The summed E-state index contributed by atoms with van der Waals surface area (Å²) in [7, 11) is 0. The summed E-state index contributed by atoms with van der Waals surface area (Å²) in [5.74, 6) is 0.226. The zero-order chi connectivity index (χ0) is 30.2. The molecule has 0 spiro atoms. The number of ether oxygens (including phenoxy) is 2. The molecule has 0 aliphatic heterocycles. The molecule has 0 amide bonds. The van der Waals surface area contributed by atoms with Gasteiger partial charge in [-0.2, -0.15) is 0 Å². The molecule has 3 aromatic rings. The second-order valence-electron chi connectivity index (χ2n) is 10.7. The van der Waals surface area contributed by atoms with Crippen molar-refractivity contribution in [1.29, 1.82) is 0 Å². The predicted octanol–water partition coefficient (Wildman–Crippen LogP) is 9.55. The third kappa shape index (κ3) is 10.2. The standard InChI is InChI=1S/C38H46O4/c1-5-7-10-14-30-16-18-31(19-17-30)33-22-23-36(34(27-33)13-6-2)35-21-20-32(15-11-8-9-12-24-39)37(28-35)41-25-26-42-38(40)29(3)4/h8-9,16-23,25-28,39H,3,5-7,10-15,24H2,1-2,4H3/b9-8+,26-25+. The van der Waals surface area contributed by atoms with E-state index in [-0.39, 0.29) is 6.61 Å². The average Bonchev–Trinajstić information content (AvgIpc) is 3.00. The Morgan fingerprint density at radius 2 is 1.52 bits per heavy atom. The van der Waals surface area contributed by atoms with Crippen molar-refractivity contribution in [2.24, 2.45) is 0 Å². The van der Waals surface area contributed by atoms with Gasteiger partial charge in [0.25, 0.3) is 0 Å². The minimum Gasteiger partial charge on any atom is -0.461 e. The number of carbonyl (C=O) groups is 1. The summed E-state index contributed by atoms with van der Waals surface area (Å²) in [4.78, 5) is 11.7. The number of aryl methyl sites for hydroxylation is 3. The van der Waals surface area contributed by atoms with E-state index in [1.165, 1.54) is 59.6 Å². The van der Waals surface area contributed by atoms with Crippen molar-refractivity contribution in [3.8, 4) is 28.0 Å². The highest BCUT2D eigenvalue weighted by Gasteiger charge is 2.12. The largest absolute Gasteiger partial charge is 0.461 e. The Bertz CT molecular complexity index is 1350. The molecule has 0 unspecified atom stereocenters. The molecule has 42 heavy (non-hydrogen) atoms. The maximum Gasteiger partial charge on any atom is 0.338 e. The first-order valence-corrected chi connectivity index (χ1v) is 15.3. The van der Waals surface area contributed by atoms with E-state index in [1.807, 2.05) is 6.08 Å². The molecular weight excluding hydrogens is 520 g/mol. The number of rotatable bonds is 17. The first-order valence-electron chi connectivity index (χ1n) is 15.3. The molecule has 3 aromatic carbocycles. The smallest absolute Gasteiger partial charge is 0.338 e. The quantitative estimate of drug-likeness (QED) is 0.0581.